The Labute approximate surface area is 131 Å². The minimum atomic E-state index is -0.0812. The van der Waals surface area contributed by atoms with Crippen molar-refractivity contribution in [2.75, 3.05) is 37.6 Å². The van der Waals surface area contributed by atoms with Gasteiger partial charge in [0.15, 0.2) is 0 Å². The van der Waals surface area contributed by atoms with E-state index in [1.165, 1.54) is 0 Å². The molecule has 0 unspecified atom stereocenters. The smallest absolute Gasteiger partial charge is 0.315 e. The Morgan fingerprint density at radius 1 is 1.27 bits per heavy atom. The standard InChI is InChI=1S/C16H25N5O/c1-2-20-7-9-21(10-8-20)15-6-3-13(11-17-15)12-18-16(22)19-14-4-5-14/h3,6,11,14H,2,4-5,7-10,12H2,1H3,(H2,18,19,22). The molecule has 22 heavy (non-hydrogen) atoms. The molecule has 0 radical (unpaired) electrons. The van der Waals surface area contributed by atoms with Gasteiger partial charge in [0.2, 0.25) is 0 Å². The molecule has 1 aliphatic carbocycles. The fraction of sp³-hybridized carbons (Fsp3) is 0.625. The third kappa shape index (κ3) is 4.10. The molecule has 0 aromatic carbocycles. The van der Waals surface area contributed by atoms with Crippen molar-refractivity contribution in [1.29, 1.82) is 0 Å². The van der Waals surface area contributed by atoms with Crippen molar-refractivity contribution < 1.29 is 4.79 Å². The molecule has 2 fully saturated rings. The zero-order valence-corrected chi connectivity index (χ0v) is 13.2. The van der Waals surface area contributed by atoms with Gasteiger partial charge in [-0.15, -0.1) is 0 Å². The minimum Gasteiger partial charge on any atom is -0.354 e. The first kappa shape index (κ1) is 15.1. The molecule has 1 saturated carbocycles. The zero-order valence-electron chi connectivity index (χ0n) is 13.2. The summed E-state index contributed by atoms with van der Waals surface area (Å²) in [6.07, 6.45) is 4.07. The summed E-state index contributed by atoms with van der Waals surface area (Å²) in [4.78, 5) is 20.9. The Kier molecular flexibility index (Phi) is 4.77. The summed E-state index contributed by atoms with van der Waals surface area (Å²) < 4.78 is 0. The van der Waals surface area contributed by atoms with E-state index in [1.807, 2.05) is 12.3 Å². The fourth-order valence-electron chi connectivity index (χ4n) is 2.65. The molecule has 0 bridgehead atoms. The van der Waals surface area contributed by atoms with E-state index in [2.05, 4.69) is 38.4 Å². The van der Waals surface area contributed by atoms with Gasteiger partial charge in [-0.05, 0) is 31.0 Å². The van der Waals surface area contributed by atoms with Crippen LogP contribution in [0.5, 0.6) is 0 Å². The number of rotatable bonds is 5. The third-order valence-corrected chi connectivity index (χ3v) is 4.32. The average molecular weight is 303 g/mol. The number of amides is 2. The van der Waals surface area contributed by atoms with Crippen LogP contribution in [0.4, 0.5) is 10.6 Å². The number of urea groups is 1. The SMILES string of the molecule is CCN1CCN(c2ccc(CNC(=O)NC3CC3)cn2)CC1. The minimum absolute atomic E-state index is 0.0812. The Morgan fingerprint density at radius 3 is 2.64 bits per heavy atom. The molecule has 1 aromatic heterocycles. The molecule has 0 atom stereocenters. The highest BCUT2D eigenvalue weighted by molar-refractivity contribution is 5.74. The van der Waals surface area contributed by atoms with Gasteiger partial charge in [-0.2, -0.15) is 0 Å². The van der Waals surface area contributed by atoms with Crippen LogP contribution in [0.2, 0.25) is 0 Å². The van der Waals surface area contributed by atoms with Crippen LogP contribution in [-0.2, 0) is 6.54 Å². The third-order valence-electron chi connectivity index (χ3n) is 4.32. The Bertz CT molecular complexity index is 492. The summed E-state index contributed by atoms with van der Waals surface area (Å²) in [7, 11) is 0. The summed E-state index contributed by atoms with van der Waals surface area (Å²) in [6.45, 7) is 8.11. The number of nitrogens with zero attached hydrogens (tertiary/aromatic N) is 3. The number of anilines is 1. The van der Waals surface area contributed by atoms with Gasteiger partial charge in [-0.1, -0.05) is 13.0 Å². The zero-order chi connectivity index (χ0) is 15.4. The lowest BCUT2D eigenvalue weighted by Gasteiger charge is -2.34. The highest BCUT2D eigenvalue weighted by Crippen LogP contribution is 2.18. The number of aromatic nitrogens is 1. The number of nitrogens with one attached hydrogen (secondary N) is 2. The molecule has 1 aliphatic heterocycles. The molecule has 120 valence electrons. The molecule has 2 amide bonds. The summed E-state index contributed by atoms with van der Waals surface area (Å²) in [5.74, 6) is 1.03. The maximum atomic E-state index is 11.6. The van der Waals surface area contributed by atoms with Crippen molar-refractivity contribution in [3.63, 3.8) is 0 Å². The number of hydrogen-bond acceptors (Lipinski definition) is 4. The fourth-order valence-corrected chi connectivity index (χ4v) is 2.65. The van der Waals surface area contributed by atoms with Crippen LogP contribution >= 0.6 is 0 Å². The molecular weight excluding hydrogens is 278 g/mol. The highest BCUT2D eigenvalue weighted by atomic mass is 16.2. The van der Waals surface area contributed by atoms with Crippen molar-refractivity contribution in [1.82, 2.24) is 20.5 Å². The predicted octanol–water partition coefficient (Wildman–Crippen LogP) is 1.19. The van der Waals surface area contributed by atoms with Crippen molar-refractivity contribution in [3.8, 4) is 0 Å². The van der Waals surface area contributed by atoms with Crippen LogP contribution in [0, 0.1) is 0 Å². The molecule has 1 saturated heterocycles. The van der Waals surface area contributed by atoms with Crippen LogP contribution in [0.15, 0.2) is 18.3 Å². The Morgan fingerprint density at radius 2 is 2.05 bits per heavy atom. The number of likely N-dealkylation sites (N-methyl/N-ethyl adjacent to an activating group) is 1. The normalized spacial score (nSPS) is 19.0. The van der Waals surface area contributed by atoms with Gasteiger partial charge in [0.05, 0.1) is 0 Å². The topological polar surface area (TPSA) is 60.5 Å². The van der Waals surface area contributed by atoms with E-state index in [4.69, 9.17) is 0 Å². The lowest BCUT2D eigenvalue weighted by atomic mass is 10.2. The van der Waals surface area contributed by atoms with Crippen molar-refractivity contribution in [3.05, 3.63) is 23.9 Å². The molecule has 1 aromatic rings. The van der Waals surface area contributed by atoms with Gasteiger partial charge < -0.3 is 20.4 Å². The lowest BCUT2D eigenvalue weighted by Crippen LogP contribution is -2.46. The van der Waals surface area contributed by atoms with Crippen molar-refractivity contribution in [2.45, 2.75) is 32.4 Å². The Balaban J connectivity index is 1.46. The summed E-state index contributed by atoms with van der Waals surface area (Å²) in [5, 5.41) is 5.79. The maximum absolute atomic E-state index is 11.6. The monoisotopic (exact) mass is 303 g/mol. The quantitative estimate of drug-likeness (QED) is 0.858. The molecule has 6 nitrogen and oxygen atoms in total. The van der Waals surface area contributed by atoms with Gasteiger partial charge in [0, 0.05) is 45.0 Å². The summed E-state index contributed by atoms with van der Waals surface area (Å²) >= 11 is 0. The molecule has 2 N–H and O–H groups in total. The van der Waals surface area contributed by atoms with Gasteiger partial charge in [0.1, 0.15) is 5.82 Å². The summed E-state index contributed by atoms with van der Waals surface area (Å²) in [5.41, 5.74) is 1.03. The van der Waals surface area contributed by atoms with E-state index < -0.39 is 0 Å². The first-order chi connectivity index (χ1) is 10.7. The van der Waals surface area contributed by atoms with Crippen molar-refractivity contribution in [2.24, 2.45) is 0 Å². The van der Waals surface area contributed by atoms with E-state index in [9.17, 15) is 4.79 Å². The van der Waals surface area contributed by atoms with Gasteiger partial charge >= 0.3 is 6.03 Å². The molecule has 2 aliphatic rings. The van der Waals surface area contributed by atoms with E-state index in [0.717, 1.165) is 56.9 Å². The second-order valence-corrected chi connectivity index (χ2v) is 6.05. The van der Waals surface area contributed by atoms with E-state index in [0.29, 0.717) is 12.6 Å². The number of carbonyl (C=O) groups excluding carboxylic acids is 1. The van der Waals surface area contributed by atoms with Crippen LogP contribution in [0.1, 0.15) is 25.3 Å². The Hall–Kier alpha value is -1.82. The molecule has 3 rings (SSSR count). The van der Waals surface area contributed by atoms with Crippen LogP contribution in [0.3, 0.4) is 0 Å². The van der Waals surface area contributed by atoms with Crippen molar-refractivity contribution >= 4 is 11.8 Å². The molecule has 2 heterocycles. The van der Waals surface area contributed by atoms with Crippen LogP contribution in [-0.4, -0.2) is 54.7 Å². The average Bonchev–Trinajstić information content (AvgIpc) is 3.37. The second kappa shape index (κ2) is 6.96. The van der Waals surface area contributed by atoms with E-state index in [1.54, 1.807) is 0 Å². The molecule has 6 heteroatoms. The lowest BCUT2D eigenvalue weighted by molar-refractivity contribution is 0.240. The van der Waals surface area contributed by atoms with Gasteiger partial charge in [-0.3, -0.25) is 0 Å². The largest absolute Gasteiger partial charge is 0.354 e. The van der Waals surface area contributed by atoms with E-state index >= 15 is 0 Å². The number of pyridine rings is 1. The summed E-state index contributed by atoms with van der Waals surface area (Å²) in [6, 6.07) is 4.41. The second-order valence-electron chi connectivity index (χ2n) is 6.05. The predicted molar refractivity (Wildman–Crippen MR) is 87.0 cm³/mol. The first-order valence-corrected chi connectivity index (χ1v) is 8.21. The maximum Gasteiger partial charge on any atom is 0.315 e. The highest BCUT2D eigenvalue weighted by Gasteiger charge is 2.23. The van der Waals surface area contributed by atoms with Crippen LogP contribution in [0.25, 0.3) is 0 Å². The molecular formula is C16H25N5O. The molecule has 0 spiro atoms. The number of hydrogen-bond donors (Lipinski definition) is 2. The van der Waals surface area contributed by atoms with E-state index in [-0.39, 0.29) is 6.03 Å². The number of piperazine rings is 1. The first-order valence-electron chi connectivity index (χ1n) is 8.21. The van der Waals surface area contributed by atoms with Gasteiger partial charge in [0.25, 0.3) is 0 Å². The van der Waals surface area contributed by atoms with Crippen LogP contribution < -0.4 is 15.5 Å². The van der Waals surface area contributed by atoms with Gasteiger partial charge in [-0.25, -0.2) is 9.78 Å². The number of carbonyl (C=O) groups is 1.